The molecule has 2 heteroatoms. The summed E-state index contributed by atoms with van der Waals surface area (Å²) in [6.07, 6.45) is 7.83. The van der Waals surface area contributed by atoms with Crippen molar-refractivity contribution in [3.63, 3.8) is 0 Å². The van der Waals surface area contributed by atoms with Gasteiger partial charge in [-0.2, -0.15) is 0 Å². The molecule has 0 saturated heterocycles. The molecule has 1 aromatic rings. The third-order valence-corrected chi connectivity index (χ3v) is 2.72. The first-order valence-electron chi connectivity index (χ1n) is 6.15. The van der Waals surface area contributed by atoms with Crippen molar-refractivity contribution in [1.82, 2.24) is 0 Å². The van der Waals surface area contributed by atoms with Gasteiger partial charge in [-0.05, 0) is 25.3 Å². The second kappa shape index (κ2) is 7.89. The van der Waals surface area contributed by atoms with Crippen molar-refractivity contribution in [1.29, 1.82) is 0 Å². The number of rotatable bonds is 7. The van der Waals surface area contributed by atoms with Crippen LogP contribution in [0.25, 0.3) is 0 Å². The molecule has 0 saturated carbocycles. The molecule has 2 atom stereocenters. The highest BCUT2D eigenvalue weighted by molar-refractivity contribution is 5.19. The molecular weight excluding hydrogens is 210 g/mol. The van der Waals surface area contributed by atoms with E-state index in [1.165, 1.54) is 0 Å². The number of hydrogen-bond donors (Lipinski definition) is 1. The molecule has 2 N–H and O–H groups in total. The van der Waals surface area contributed by atoms with Crippen LogP contribution in [0.15, 0.2) is 30.3 Å². The molecule has 0 aromatic heterocycles. The molecule has 2 nitrogen and oxygen atoms in total. The van der Waals surface area contributed by atoms with Crippen LogP contribution in [0.5, 0.6) is 0 Å². The topological polar surface area (TPSA) is 35.2 Å². The van der Waals surface area contributed by atoms with Crippen LogP contribution in [-0.2, 0) is 4.74 Å². The fourth-order valence-electron chi connectivity index (χ4n) is 1.88. The number of ether oxygens (including phenoxy) is 1. The minimum atomic E-state index is -0.0287. The molecule has 0 aliphatic rings. The van der Waals surface area contributed by atoms with Crippen molar-refractivity contribution in [3.8, 4) is 12.3 Å². The van der Waals surface area contributed by atoms with Gasteiger partial charge < -0.3 is 10.5 Å². The molecule has 0 aliphatic carbocycles. The van der Waals surface area contributed by atoms with Crippen LogP contribution in [0.1, 0.15) is 37.9 Å². The smallest absolute Gasteiger partial charge is 0.0975 e. The van der Waals surface area contributed by atoms with Crippen LogP contribution in [-0.4, -0.2) is 12.6 Å². The first-order chi connectivity index (χ1) is 8.29. The molecule has 92 valence electrons. The van der Waals surface area contributed by atoms with E-state index in [1.807, 2.05) is 25.1 Å². The fraction of sp³-hybridized carbons (Fsp3) is 0.467. The fourth-order valence-corrected chi connectivity index (χ4v) is 1.88. The first kappa shape index (κ1) is 13.8. The number of nitrogens with two attached hydrogens (primary N) is 1. The summed E-state index contributed by atoms with van der Waals surface area (Å²) in [7, 11) is 0. The highest BCUT2D eigenvalue weighted by Crippen LogP contribution is 2.22. The zero-order valence-corrected chi connectivity index (χ0v) is 10.4. The normalized spacial score (nSPS) is 13.9. The Bertz CT molecular complexity index is 342. The van der Waals surface area contributed by atoms with Gasteiger partial charge in [0.05, 0.1) is 6.10 Å². The van der Waals surface area contributed by atoms with E-state index in [4.69, 9.17) is 16.9 Å². The average molecular weight is 231 g/mol. The van der Waals surface area contributed by atoms with E-state index in [-0.39, 0.29) is 12.1 Å². The molecule has 0 spiro atoms. The SMILES string of the molecule is C#CCCCC(N)C(OCC)c1ccccc1. The zero-order valence-electron chi connectivity index (χ0n) is 10.4. The first-order valence-corrected chi connectivity index (χ1v) is 6.15. The van der Waals surface area contributed by atoms with Gasteiger partial charge in [-0.1, -0.05) is 30.3 Å². The minimum Gasteiger partial charge on any atom is -0.372 e. The molecular formula is C15H21NO. The maximum absolute atomic E-state index is 6.18. The summed E-state index contributed by atoms with van der Waals surface area (Å²) < 4.78 is 5.74. The van der Waals surface area contributed by atoms with Gasteiger partial charge in [-0.25, -0.2) is 0 Å². The second-order valence-corrected chi connectivity index (χ2v) is 4.05. The molecule has 0 bridgehead atoms. The standard InChI is InChI=1S/C15H21NO/c1-3-5-7-12-14(16)15(17-4-2)13-10-8-6-9-11-13/h1,6,8-11,14-15H,4-5,7,12,16H2,2H3. The highest BCUT2D eigenvalue weighted by atomic mass is 16.5. The van der Waals surface area contributed by atoms with Crippen molar-refractivity contribution < 1.29 is 4.74 Å². The number of benzene rings is 1. The Hall–Kier alpha value is -1.30. The van der Waals surface area contributed by atoms with E-state index in [2.05, 4.69) is 18.1 Å². The van der Waals surface area contributed by atoms with Crippen molar-refractivity contribution in [3.05, 3.63) is 35.9 Å². The summed E-state index contributed by atoms with van der Waals surface area (Å²) in [5.74, 6) is 2.64. The second-order valence-electron chi connectivity index (χ2n) is 4.05. The molecule has 17 heavy (non-hydrogen) atoms. The summed E-state index contributed by atoms with van der Waals surface area (Å²) in [4.78, 5) is 0. The Morgan fingerprint density at radius 1 is 1.35 bits per heavy atom. The maximum atomic E-state index is 6.18. The minimum absolute atomic E-state index is 0.00528. The van der Waals surface area contributed by atoms with Crippen LogP contribution in [0.3, 0.4) is 0 Å². The third-order valence-electron chi connectivity index (χ3n) is 2.72. The number of terminal acetylenes is 1. The van der Waals surface area contributed by atoms with Gasteiger partial charge in [0, 0.05) is 19.1 Å². The van der Waals surface area contributed by atoms with Crippen LogP contribution in [0.4, 0.5) is 0 Å². The van der Waals surface area contributed by atoms with E-state index < -0.39 is 0 Å². The predicted molar refractivity (Wildman–Crippen MR) is 71.5 cm³/mol. The van der Waals surface area contributed by atoms with Crippen LogP contribution >= 0.6 is 0 Å². The van der Waals surface area contributed by atoms with Gasteiger partial charge in [0.2, 0.25) is 0 Å². The van der Waals surface area contributed by atoms with Crippen molar-refractivity contribution in [2.75, 3.05) is 6.61 Å². The van der Waals surface area contributed by atoms with Crippen LogP contribution < -0.4 is 5.73 Å². The molecule has 0 heterocycles. The van der Waals surface area contributed by atoms with Crippen LogP contribution in [0, 0.1) is 12.3 Å². The van der Waals surface area contributed by atoms with Gasteiger partial charge in [0.25, 0.3) is 0 Å². The molecule has 0 amide bonds. The predicted octanol–water partition coefficient (Wildman–Crippen LogP) is 2.90. The molecule has 0 aliphatic heterocycles. The van der Waals surface area contributed by atoms with Crippen molar-refractivity contribution >= 4 is 0 Å². The Labute approximate surface area is 104 Å². The van der Waals surface area contributed by atoms with E-state index in [0.717, 1.165) is 24.8 Å². The third kappa shape index (κ3) is 4.60. The lowest BCUT2D eigenvalue weighted by Crippen LogP contribution is -2.30. The maximum Gasteiger partial charge on any atom is 0.0975 e. The number of hydrogen-bond acceptors (Lipinski definition) is 2. The quantitative estimate of drug-likeness (QED) is 0.578. The van der Waals surface area contributed by atoms with Gasteiger partial charge in [-0.15, -0.1) is 12.3 Å². The van der Waals surface area contributed by atoms with Gasteiger partial charge in [0.15, 0.2) is 0 Å². The van der Waals surface area contributed by atoms with Crippen LogP contribution in [0.2, 0.25) is 0 Å². The Balaban J connectivity index is 2.62. The lowest BCUT2D eigenvalue weighted by molar-refractivity contribution is 0.0408. The van der Waals surface area contributed by atoms with E-state index in [0.29, 0.717) is 6.61 Å². The summed E-state index contributed by atoms with van der Waals surface area (Å²) >= 11 is 0. The lowest BCUT2D eigenvalue weighted by Gasteiger charge is -2.24. The summed E-state index contributed by atoms with van der Waals surface area (Å²) in [6, 6.07) is 10.1. The Kier molecular flexibility index (Phi) is 6.39. The van der Waals surface area contributed by atoms with Crippen molar-refractivity contribution in [2.45, 2.75) is 38.3 Å². The average Bonchev–Trinajstić information content (AvgIpc) is 2.37. The summed E-state index contributed by atoms with van der Waals surface area (Å²) in [5, 5.41) is 0. The molecule has 0 radical (unpaired) electrons. The van der Waals surface area contributed by atoms with Crippen molar-refractivity contribution in [2.24, 2.45) is 5.73 Å². The van der Waals surface area contributed by atoms with Gasteiger partial charge >= 0.3 is 0 Å². The Morgan fingerprint density at radius 3 is 2.65 bits per heavy atom. The van der Waals surface area contributed by atoms with Gasteiger partial charge in [0.1, 0.15) is 0 Å². The zero-order chi connectivity index (χ0) is 12.5. The molecule has 2 unspecified atom stereocenters. The number of unbranched alkanes of at least 4 members (excludes halogenated alkanes) is 1. The monoisotopic (exact) mass is 231 g/mol. The van der Waals surface area contributed by atoms with E-state index in [1.54, 1.807) is 0 Å². The summed E-state index contributed by atoms with van der Waals surface area (Å²) in [6.45, 7) is 2.66. The van der Waals surface area contributed by atoms with Gasteiger partial charge in [-0.3, -0.25) is 0 Å². The molecule has 1 aromatic carbocycles. The lowest BCUT2D eigenvalue weighted by atomic mass is 9.98. The van der Waals surface area contributed by atoms with E-state index in [9.17, 15) is 0 Å². The molecule has 1 rings (SSSR count). The molecule has 0 fully saturated rings. The summed E-state index contributed by atoms with van der Waals surface area (Å²) in [5.41, 5.74) is 7.32. The van der Waals surface area contributed by atoms with E-state index >= 15 is 0 Å². The Morgan fingerprint density at radius 2 is 2.06 bits per heavy atom. The largest absolute Gasteiger partial charge is 0.372 e. The highest BCUT2D eigenvalue weighted by Gasteiger charge is 2.19.